The standard InChI is InChI=1S/C17H16O2/c1-3-13-5-7-14(8-6-13)15-9-11-16(12-10-15)19-17(18)4-2/h3,5-12H,1,4H2,2H3. The van der Waals surface area contributed by atoms with Gasteiger partial charge in [-0.15, -0.1) is 0 Å². The monoisotopic (exact) mass is 252 g/mol. The Labute approximate surface area is 113 Å². The van der Waals surface area contributed by atoms with E-state index in [1.807, 2.05) is 54.6 Å². The number of ether oxygens (including phenoxy) is 1. The van der Waals surface area contributed by atoms with E-state index in [4.69, 9.17) is 4.74 Å². The van der Waals surface area contributed by atoms with Crippen LogP contribution in [0.5, 0.6) is 5.75 Å². The van der Waals surface area contributed by atoms with Crippen LogP contribution in [0.25, 0.3) is 17.2 Å². The number of esters is 1. The van der Waals surface area contributed by atoms with Crippen LogP contribution in [0.4, 0.5) is 0 Å². The number of carbonyl (C=O) groups excluding carboxylic acids is 1. The van der Waals surface area contributed by atoms with E-state index in [2.05, 4.69) is 6.58 Å². The van der Waals surface area contributed by atoms with Crippen LogP contribution in [-0.4, -0.2) is 5.97 Å². The molecule has 0 saturated carbocycles. The highest BCUT2D eigenvalue weighted by Crippen LogP contribution is 2.23. The molecule has 2 rings (SSSR count). The lowest BCUT2D eigenvalue weighted by Gasteiger charge is -2.05. The second kappa shape index (κ2) is 6.01. The second-order valence-corrected chi connectivity index (χ2v) is 4.18. The van der Waals surface area contributed by atoms with Crippen molar-refractivity contribution in [1.29, 1.82) is 0 Å². The normalized spacial score (nSPS) is 9.95. The lowest BCUT2D eigenvalue weighted by atomic mass is 10.0. The summed E-state index contributed by atoms with van der Waals surface area (Å²) < 4.78 is 5.14. The van der Waals surface area contributed by atoms with Gasteiger partial charge in [0.25, 0.3) is 0 Å². The van der Waals surface area contributed by atoms with Gasteiger partial charge in [0.15, 0.2) is 0 Å². The van der Waals surface area contributed by atoms with Crippen LogP contribution in [-0.2, 0) is 4.79 Å². The van der Waals surface area contributed by atoms with Gasteiger partial charge in [-0.05, 0) is 28.8 Å². The zero-order valence-electron chi connectivity index (χ0n) is 10.9. The fourth-order valence-electron chi connectivity index (χ4n) is 1.73. The molecule has 2 heteroatoms. The largest absolute Gasteiger partial charge is 0.427 e. The second-order valence-electron chi connectivity index (χ2n) is 4.18. The average molecular weight is 252 g/mol. The van der Waals surface area contributed by atoms with Crippen LogP contribution in [0.15, 0.2) is 55.1 Å². The van der Waals surface area contributed by atoms with E-state index < -0.39 is 0 Å². The van der Waals surface area contributed by atoms with Gasteiger partial charge in [0.05, 0.1) is 0 Å². The summed E-state index contributed by atoms with van der Waals surface area (Å²) in [5.41, 5.74) is 3.31. The molecule has 0 unspecified atom stereocenters. The van der Waals surface area contributed by atoms with E-state index in [-0.39, 0.29) is 5.97 Å². The van der Waals surface area contributed by atoms with Gasteiger partial charge in [-0.3, -0.25) is 4.79 Å². The number of hydrogen-bond acceptors (Lipinski definition) is 2. The van der Waals surface area contributed by atoms with Crippen molar-refractivity contribution < 1.29 is 9.53 Å². The minimum atomic E-state index is -0.219. The first-order valence-electron chi connectivity index (χ1n) is 6.26. The molecule has 0 amide bonds. The molecule has 0 fully saturated rings. The molecular weight excluding hydrogens is 236 g/mol. The van der Waals surface area contributed by atoms with Crippen LogP contribution in [0.2, 0.25) is 0 Å². The highest BCUT2D eigenvalue weighted by Gasteiger charge is 2.02. The number of hydrogen-bond donors (Lipinski definition) is 0. The van der Waals surface area contributed by atoms with E-state index in [9.17, 15) is 4.79 Å². The summed E-state index contributed by atoms with van der Waals surface area (Å²) in [6.45, 7) is 5.51. The van der Waals surface area contributed by atoms with Gasteiger partial charge in [0.2, 0.25) is 0 Å². The fourth-order valence-corrected chi connectivity index (χ4v) is 1.73. The molecule has 0 spiro atoms. The minimum absolute atomic E-state index is 0.219. The molecule has 0 aliphatic heterocycles. The maximum absolute atomic E-state index is 11.2. The SMILES string of the molecule is C=Cc1ccc(-c2ccc(OC(=O)CC)cc2)cc1. The van der Waals surface area contributed by atoms with E-state index in [1.54, 1.807) is 6.92 Å². The average Bonchev–Trinajstić information content (AvgIpc) is 2.48. The maximum atomic E-state index is 11.2. The van der Waals surface area contributed by atoms with Gasteiger partial charge in [-0.1, -0.05) is 56.0 Å². The topological polar surface area (TPSA) is 26.3 Å². The summed E-state index contributed by atoms with van der Waals surface area (Å²) in [5, 5.41) is 0. The summed E-state index contributed by atoms with van der Waals surface area (Å²) in [6, 6.07) is 15.6. The van der Waals surface area contributed by atoms with Crippen LogP contribution in [0.1, 0.15) is 18.9 Å². The molecule has 96 valence electrons. The Morgan fingerprint density at radius 3 is 2.05 bits per heavy atom. The van der Waals surface area contributed by atoms with Gasteiger partial charge < -0.3 is 4.74 Å². The van der Waals surface area contributed by atoms with Crippen molar-refractivity contribution in [3.8, 4) is 16.9 Å². The molecule has 0 N–H and O–H groups in total. The van der Waals surface area contributed by atoms with Crippen LogP contribution < -0.4 is 4.74 Å². The molecule has 0 atom stereocenters. The van der Waals surface area contributed by atoms with Gasteiger partial charge in [-0.2, -0.15) is 0 Å². The third-order valence-corrected chi connectivity index (χ3v) is 2.85. The minimum Gasteiger partial charge on any atom is -0.427 e. The highest BCUT2D eigenvalue weighted by atomic mass is 16.5. The number of benzene rings is 2. The highest BCUT2D eigenvalue weighted by molar-refractivity contribution is 5.72. The predicted octanol–water partition coefficient (Wildman–Crippen LogP) is 4.31. The fraction of sp³-hybridized carbons (Fsp3) is 0.118. The third-order valence-electron chi connectivity index (χ3n) is 2.85. The summed E-state index contributed by atoms with van der Waals surface area (Å²) >= 11 is 0. The first kappa shape index (κ1) is 13.1. The zero-order valence-corrected chi connectivity index (χ0v) is 10.9. The van der Waals surface area contributed by atoms with Crippen LogP contribution >= 0.6 is 0 Å². The summed E-state index contributed by atoms with van der Waals surface area (Å²) in [7, 11) is 0. The van der Waals surface area contributed by atoms with Gasteiger partial charge in [0, 0.05) is 6.42 Å². The van der Waals surface area contributed by atoms with Crippen molar-refractivity contribution in [2.24, 2.45) is 0 Å². The molecule has 0 bridgehead atoms. The van der Waals surface area contributed by atoms with Gasteiger partial charge in [0.1, 0.15) is 5.75 Å². The Bertz CT molecular complexity index is 565. The molecule has 2 nitrogen and oxygen atoms in total. The molecule has 0 heterocycles. The Morgan fingerprint density at radius 1 is 1.05 bits per heavy atom. The molecule has 0 aromatic heterocycles. The molecule has 0 aliphatic rings. The van der Waals surface area contributed by atoms with Crippen molar-refractivity contribution in [3.05, 3.63) is 60.7 Å². The molecule has 0 saturated heterocycles. The maximum Gasteiger partial charge on any atom is 0.310 e. The Balaban J connectivity index is 2.17. The number of rotatable bonds is 4. The van der Waals surface area contributed by atoms with E-state index in [0.717, 1.165) is 16.7 Å². The Morgan fingerprint density at radius 2 is 1.58 bits per heavy atom. The quantitative estimate of drug-likeness (QED) is 0.598. The van der Waals surface area contributed by atoms with Crippen molar-refractivity contribution in [2.45, 2.75) is 13.3 Å². The van der Waals surface area contributed by atoms with Crippen molar-refractivity contribution in [3.63, 3.8) is 0 Å². The Kier molecular flexibility index (Phi) is 4.14. The van der Waals surface area contributed by atoms with Gasteiger partial charge in [-0.25, -0.2) is 0 Å². The number of carbonyl (C=O) groups is 1. The summed E-state index contributed by atoms with van der Waals surface area (Å²) in [4.78, 5) is 11.2. The van der Waals surface area contributed by atoms with Gasteiger partial charge >= 0.3 is 5.97 Å². The molecule has 0 radical (unpaired) electrons. The first-order chi connectivity index (χ1) is 9.22. The summed E-state index contributed by atoms with van der Waals surface area (Å²) in [6.07, 6.45) is 2.20. The van der Waals surface area contributed by atoms with Crippen molar-refractivity contribution >= 4 is 12.0 Å². The van der Waals surface area contributed by atoms with Crippen molar-refractivity contribution in [1.82, 2.24) is 0 Å². The smallest absolute Gasteiger partial charge is 0.310 e. The predicted molar refractivity (Wildman–Crippen MR) is 77.9 cm³/mol. The van der Waals surface area contributed by atoms with Crippen molar-refractivity contribution in [2.75, 3.05) is 0 Å². The third kappa shape index (κ3) is 3.32. The zero-order chi connectivity index (χ0) is 13.7. The van der Waals surface area contributed by atoms with E-state index >= 15 is 0 Å². The van der Waals surface area contributed by atoms with E-state index in [0.29, 0.717) is 12.2 Å². The lowest BCUT2D eigenvalue weighted by Crippen LogP contribution is -2.05. The first-order valence-corrected chi connectivity index (χ1v) is 6.26. The molecule has 0 aliphatic carbocycles. The molecular formula is C17H16O2. The lowest BCUT2D eigenvalue weighted by molar-refractivity contribution is -0.134. The molecule has 19 heavy (non-hydrogen) atoms. The van der Waals surface area contributed by atoms with Crippen LogP contribution in [0, 0.1) is 0 Å². The molecule has 2 aromatic rings. The Hall–Kier alpha value is -2.35. The van der Waals surface area contributed by atoms with E-state index in [1.165, 1.54) is 0 Å². The summed E-state index contributed by atoms with van der Waals surface area (Å²) in [5.74, 6) is 0.362. The molecule has 2 aromatic carbocycles. The van der Waals surface area contributed by atoms with Crippen LogP contribution in [0.3, 0.4) is 0 Å².